The maximum absolute atomic E-state index is 11.9. The molecule has 1 fully saturated rings. The first-order valence-electron chi connectivity index (χ1n) is 5.16. The fourth-order valence-electron chi connectivity index (χ4n) is 1.62. The lowest BCUT2D eigenvalue weighted by Crippen LogP contribution is -2.32. The third-order valence-electron chi connectivity index (χ3n) is 3.05. The van der Waals surface area contributed by atoms with Crippen molar-refractivity contribution >= 4 is 37.8 Å². The van der Waals surface area contributed by atoms with Gasteiger partial charge < -0.3 is 5.32 Å². The van der Waals surface area contributed by atoms with Crippen LogP contribution in [-0.2, 0) is 11.3 Å². The molecule has 1 aromatic carbocycles. The van der Waals surface area contributed by atoms with Gasteiger partial charge in [-0.15, -0.1) is 0 Å². The molecule has 1 aliphatic rings. The normalized spacial score (nSPS) is 26.2. The van der Waals surface area contributed by atoms with Crippen LogP contribution in [0.25, 0.3) is 0 Å². The van der Waals surface area contributed by atoms with Crippen LogP contribution in [0.3, 0.4) is 0 Å². The summed E-state index contributed by atoms with van der Waals surface area (Å²) in [5.41, 5.74) is 0.789. The van der Waals surface area contributed by atoms with Gasteiger partial charge in [-0.3, -0.25) is 4.79 Å². The fourth-order valence-corrected chi connectivity index (χ4v) is 3.10. The van der Waals surface area contributed by atoms with Crippen LogP contribution in [0.15, 0.2) is 30.3 Å². The lowest BCUT2D eigenvalue weighted by molar-refractivity contribution is -0.125. The zero-order valence-corrected chi connectivity index (χ0v) is 12.1. The minimum atomic E-state index is -0.332. The second kappa shape index (κ2) is 4.15. The van der Waals surface area contributed by atoms with Crippen LogP contribution in [0.5, 0.6) is 0 Å². The van der Waals surface area contributed by atoms with Crippen LogP contribution < -0.4 is 5.32 Å². The van der Waals surface area contributed by atoms with Gasteiger partial charge in [0.15, 0.2) is 0 Å². The van der Waals surface area contributed by atoms with Gasteiger partial charge in [0.05, 0.1) is 8.65 Å². The van der Waals surface area contributed by atoms with Crippen molar-refractivity contribution in [2.75, 3.05) is 0 Å². The Morgan fingerprint density at radius 3 is 2.44 bits per heavy atom. The van der Waals surface area contributed by atoms with Gasteiger partial charge in [-0.25, -0.2) is 0 Å². The Balaban J connectivity index is 1.91. The highest BCUT2D eigenvalue weighted by molar-refractivity contribution is 9.25. The number of alkyl halides is 2. The largest absolute Gasteiger partial charge is 0.351 e. The van der Waals surface area contributed by atoms with Crippen molar-refractivity contribution in [3.8, 4) is 0 Å². The number of hydrogen-bond acceptors (Lipinski definition) is 1. The zero-order valence-electron chi connectivity index (χ0n) is 8.97. The highest BCUT2D eigenvalue weighted by atomic mass is 79.9. The molecule has 1 saturated carbocycles. The molecule has 0 aliphatic heterocycles. The lowest BCUT2D eigenvalue weighted by atomic mass is 10.1. The van der Waals surface area contributed by atoms with E-state index in [9.17, 15) is 4.79 Å². The van der Waals surface area contributed by atoms with E-state index in [1.54, 1.807) is 0 Å². The van der Waals surface area contributed by atoms with Crippen LogP contribution in [-0.4, -0.2) is 9.14 Å². The number of nitrogens with one attached hydrogen (secondary N) is 1. The van der Waals surface area contributed by atoms with Gasteiger partial charge in [0.2, 0.25) is 5.91 Å². The number of carbonyl (C=O) groups is 1. The standard InChI is InChI=1S/C12H13Br2NO/c1-11(8-12(11,13)14)10(16)15-7-9-5-3-2-4-6-9/h2-6H,7-8H2,1H3,(H,15,16)/t11-/m0/s1. The zero-order chi connectivity index (χ0) is 11.8. The van der Waals surface area contributed by atoms with Crippen molar-refractivity contribution in [2.24, 2.45) is 5.41 Å². The molecule has 0 bridgehead atoms. The van der Waals surface area contributed by atoms with E-state index >= 15 is 0 Å². The second-order valence-corrected chi connectivity index (χ2v) is 8.15. The molecule has 2 nitrogen and oxygen atoms in total. The maximum atomic E-state index is 11.9. The van der Waals surface area contributed by atoms with Crippen molar-refractivity contribution in [3.05, 3.63) is 35.9 Å². The SMILES string of the molecule is C[C@@]1(C(=O)NCc2ccccc2)CC1(Br)Br. The number of halogens is 2. The van der Waals surface area contributed by atoms with E-state index in [-0.39, 0.29) is 14.6 Å². The molecule has 1 amide bonds. The molecule has 1 N–H and O–H groups in total. The second-order valence-electron chi connectivity index (χ2n) is 4.38. The molecule has 0 unspecified atom stereocenters. The topological polar surface area (TPSA) is 29.1 Å². The molecule has 1 aromatic rings. The molecule has 86 valence electrons. The van der Waals surface area contributed by atoms with Gasteiger partial charge in [0.1, 0.15) is 0 Å². The summed E-state index contributed by atoms with van der Waals surface area (Å²) in [6.45, 7) is 2.54. The van der Waals surface area contributed by atoms with E-state index in [0.29, 0.717) is 6.54 Å². The molecule has 1 aliphatic carbocycles. The molecular weight excluding hydrogens is 334 g/mol. The highest BCUT2D eigenvalue weighted by Crippen LogP contribution is 2.66. The monoisotopic (exact) mass is 345 g/mol. The third-order valence-corrected chi connectivity index (χ3v) is 5.37. The molecule has 0 spiro atoms. The molecule has 2 rings (SSSR count). The summed E-state index contributed by atoms with van der Waals surface area (Å²) in [4.78, 5) is 11.9. The predicted octanol–water partition coefficient (Wildman–Crippen LogP) is 3.20. The molecule has 0 aromatic heterocycles. The maximum Gasteiger partial charge on any atom is 0.228 e. The summed E-state index contributed by atoms with van der Waals surface area (Å²) >= 11 is 6.98. The third kappa shape index (κ3) is 2.18. The molecule has 16 heavy (non-hydrogen) atoms. The quantitative estimate of drug-likeness (QED) is 0.836. The van der Waals surface area contributed by atoms with E-state index < -0.39 is 0 Å². The number of amides is 1. The van der Waals surface area contributed by atoms with Gasteiger partial charge in [0.25, 0.3) is 0 Å². The average molecular weight is 347 g/mol. The van der Waals surface area contributed by atoms with Gasteiger partial charge in [-0.05, 0) is 18.9 Å². The first-order valence-corrected chi connectivity index (χ1v) is 6.74. The van der Waals surface area contributed by atoms with Crippen LogP contribution in [0.4, 0.5) is 0 Å². The van der Waals surface area contributed by atoms with Crippen molar-refractivity contribution in [3.63, 3.8) is 0 Å². The minimum Gasteiger partial charge on any atom is -0.351 e. The summed E-state index contributed by atoms with van der Waals surface area (Å²) in [7, 11) is 0. The van der Waals surface area contributed by atoms with Crippen LogP contribution in [0.1, 0.15) is 18.9 Å². The van der Waals surface area contributed by atoms with Crippen molar-refractivity contribution in [2.45, 2.75) is 23.1 Å². The number of rotatable bonds is 3. The van der Waals surface area contributed by atoms with E-state index in [2.05, 4.69) is 37.2 Å². The molecule has 1 atom stereocenters. The Bertz CT molecular complexity index is 405. The number of hydrogen-bond donors (Lipinski definition) is 1. The summed E-state index contributed by atoms with van der Waals surface area (Å²) in [5.74, 6) is 0.0881. The first kappa shape index (κ1) is 12.1. The van der Waals surface area contributed by atoms with Crippen molar-refractivity contribution in [1.29, 1.82) is 0 Å². The van der Waals surface area contributed by atoms with Crippen molar-refractivity contribution < 1.29 is 4.79 Å². The van der Waals surface area contributed by atoms with Gasteiger partial charge in [-0.2, -0.15) is 0 Å². The Labute approximate surface area is 112 Å². The van der Waals surface area contributed by atoms with E-state index in [4.69, 9.17) is 0 Å². The van der Waals surface area contributed by atoms with E-state index in [1.807, 2.05) is 37.3 Å². The van der Waals surface area contributed by atoms with Gasteiger partial charge in [0, 0.05) is 6.54 Å². The molecule has 0 radical (unpaired) electrons. The Morgan fingerprint density at radius 1 is 1.38 bits per heavy atom. The molecule has 0 saturated heterocycles. The Hall–Kier alpha value is -0.350. The Kier molecular flexibility index (Phi) is 3.14. The predicted molar refractivity (Wildman–Crippen MR) is 71.6 cm³/mol. The van der Waals surface area contributed by atoms with Crippen molar-refractivity contribution in [1.82, 2.24) is 5.32 Å². The average Bonchev–Trinajstić information content (AvgIpc) is 2.78. The fraction of sp³-hybridized carbons (Fsp3) is 0.417. The smallest absolute Gasteiger partial charge is 0.228 e. The van der Waals surface area contributed by atoms with Crippen LogP contribution in [0.2, 0.25) is 0 Å². The molecule has 0 heterocycles. The minimum absolute atomic E-state index is 0.0881. The Morgan fingerprint density at radius 2 is 1.94 bits per heavy atom. The van der Waals surface area contributed by atoms with E-state index in [1.165, 1.54) is 0 Å². The molecular formula is C12H13Br2NO. The summed E-state index contributed by atoms with van der Waals surface area (Å²) in [6, 6.07) is 9.92. The number of benzene rings is 1. The van der Waals surface area contributed by atoms with Gasteiger partial charge >= 0.3 is 0 Å². The number of carbonyl (C=O) groups excluding carboxylic acids is 1. The summed E-state index contributed by atoms with van der Waals surface area (Å²) in [5, 5.41) is 2.96. The summed E-state index contributed by atoms with van der Waals surface area (Å²) in [6.07, 6.45) is 0.820. The van der Waals surface area contributed by atoms with Gasteiger partial charge in [-0.1, -0.05) is 62.2 Å². The highest BCUT2D eigenvalue weighted by Gasteiger charge is 2.66. The summed E-state index contributed by atoms with van der Waals surface area (Å²) < 4.78 is -0.215. The lowest BCUT2D eigenvalue weighted by Gasteiger charge is -2.12. The molecule has 4 heteroatoms. The van der Waals surface area contributed by atoms with Crippen LogP contribution in [0, 0.1) is 5.41 Å². The first-order chi connectivity index (χ1) is 7.46. The van der Waals surface area contributed by atoms with E-state index in [0.717, 1.165) is 12.0 Å². The van der Waals surface area contributed by atoms with Crippen LogP contribution >= 0.6 is 31.9 Å².